The summed E-state index contributed by atoms with van der Waals surface area (Å²) in [5.41, 5.74) is 6.58. The van der Waals surface area contributed by atoms with Crippen molar-refractivity contribution in [2.24, 2.45) is 16.9 Å². The van der Waals surface area contributed by atoms with Gasteiger partial charge in [-0.05, 0) is 53.8 Å². The van der Waals surface area contributed by atoms with Gasteiger partial charge < -0.3 is 9.47 Å². The molecule has 208 valence electrons. The van der Waals surface area contributed by atoms with Crippen LogP contribution in [0, 0.1) is 18.8 Å². The number of carbonyl (C=O) groups is 3. The first-order valence-electron chi connectivity index (χ1n) is 13.7. The molecule has 5 aliphatic rings. The highest BCUT2D eigenvalue weighted by atomic mass is 35.5. The number of halogens is 1. The molecule has 2 fully saturated rings. The Labute approximate surface area is 242 Å². The summed E-state index contributed by atoms with van der Waals surface area (Å²) >= 11 is 6.33. The van der Waals surface area contributed by atoms with E-state index < -0.39 is 23.0 Å². The van der Waals surface area contributed by atoms with Crippen LogP contribution in [-0.4, -0.2) is 42.9 Å². The number of hydrazone groups is 1. The lowest BCUT2D eigenvalue weighted by Crippen LogP contribution is -2.54. The van der Waals surface area contributed by atoms with Gasteiger partial charge in [-0.3, -0.25) is 14.4 Å². The zero-order chi connectivity index (χ0) is 28.5. The first kappa shape index (κ1) is 26.1. The number of carbonyl (C=O) groups excluding carboxylic acids is 3. The van der Waals surface area contributed by atoms with E-state index in [1.165, 1.54) is 4.90 Å². The second kappa shape index (κ2) is 9.34. The summed E-state index contributed by atoms with van der Waals surface area (Å²) in [6.45, 7) is 4.42. The van der Waals surface area contributed by atoms with Gasteiger partial charge in [-0.1, -0.05) is 66.2 Å². The molecule has 8 nitrogen and oxygen atoms in total. The molecule has 0 unspecified atom stereocenters. The van der Waals surface area contributed by atoms with Crippen LogP contribution in [0.1, 0.15) is 47.1 Å². The maximum atomic E-state index is 14.5. The molecule has 3 aliphatic carbocycles. The fourth-order valence-corrected chi connectivity index (χ4v) is 7.47. The Morgan fingerprint density at radius 1 is 1.02 bits per heavy atom. The summed E-state index contributed by atoms with van der Waals surface area (Å²) in [6.07, 6.45) is 1.62. The molecular weight excluding hydrogens is 542 g/mol. The summed E-state index contributed by atoms with van der Waals surface area (Å²) in [5.74, 6) is -3.66. The molecule has 0 spiro atoms. The van der Waals surface area contributed by atoms with E-state index in [0.717, 1.165) is 27.8 Å². The average molecular weight is 570 g/mol. The molecule has 8 rings (SSSR count). The minimum atomic E-state index is -1.09. The van der Waals surface area contributed by atoms with Gasteiger partial charge in [0.2, 0.25) is 17.7 Å². The van der Waals surface area contributed by atoms with Crippen molar-refractivity contribution in [1.29, 1.82) is 0 Å². The van der Waals surface area contributed by atoms with Crippen LogP contribution >= 0.6 is 11.6 Å². The largest absolute Gasteiger partial charge is 0.347 e. The highest BCUT2D eigenvalue weighted by molar-refractivity contribution is 6.31. The van der Waals surface area contributed by atoms with Gasteiger partial charge in [0, 0.05) is 17.2 Å². The van der Waals surface area contributed by atoms with Crippen LogP contribution in [0.15, 0.2) is 71.8 Å². The molecule has 3 aromatic carbocycles. The second-order valence-electron chi connectivity index (χ2n) is 11.3. The van der Waals surface area contributed by atoms with Crippen molar-refractivity contribution >= 4 is 41.2 Å². The van der Waals surface area contributed by atoms with Gasteiger partial charge in [-0.25, -0.2) is 10.3 Å². The smallest absolute Gasteiger partial charge is 0.245 e. The second-order valence-corrected chi connectivity index (χ2v) is 11.7. The van der Waals surface area contributed by atoms with E-state index in [4.69, 9.17) is 21.1 Å². The van der Waals surface area contributed by atoms with Crippen molar-refractivity contribution in [2.45, 2.75) is 37.4 Å². The summed E-state index contributed by atoms with van der Waals surface area (Å²) in [5, 5.41) is 4.89. The van der Waals surface area contributed by atoms with E-state index in [2.05, 4.69) is 10.5 Å². The summed E-state index contributed by atoms with van der Waals surface area (Å²) in [6, 6.07) is 21.0. The predicted octanol–water partition coefficient (Wildman–Crippen LogP) is 4.45. The molecule has 2 heterocycles. The van der Waals surface area contributed by atoms with Gasteiger partial charge in [-0.15, -0.1) is 0 Å². The molecule has 0 radical (unpaired) electrons. The number of nitrogens with one attached hydrogen (secondary N) is 1. The fourth-order valence-electron chi connectivity index (χ4n) is 7.31. The topological polar surface area (TPSA) is 97.3 Å². The zero-order valence-electron chi connectivity index (χ0n) is 22.6. The Morgan fingerprint density at radius 2 is 1.66 bits per heavy atom. The fraction of sp³-hybridized carbons (Fsp3) is 0.312. The third kappa shape index (κ3) is 3.74. The lowest BCUT2D eigenvalue weighted by molar-refractivity contribution is -0.159. The van der Waals surface area contributed by atoms with Gasteiger partial charge in [0.1, 0.15) is 0 Å². The normalized spacial score (nSPS) is 27.2. The van der Waals surface area contributed by atoms with Crippen LogP contribution in [0.2, 0.25) is 5.02 Å². The molecule has 0 saturated carbocycles. The van der Waals surface area contributed by atoms with Gasteiger partial charge in [-0.2, -0.15) is 5.10 Å². The van der Waals surface area contributed by atoms with E-state index in [-0.39, 0.29) is 30.1 Å². The molecule has 2 bridgehead atoms. The highest BCUT2D eigenvalue weighted by Gasteiger charge is 2.68. The standard InChI is InChI=1S/C32H28ClN3O5/c1-18-11-12-19(33)15-24(18)36-29(38)27-26-20-7-3-5-9-22(20)32(28(27)30(36)39,23-10-6-4-8-21(23)26)17-34-35-25(37)16-31(2)40-13-14-41-31/h3-12,15,17,26-28H,13-14,16H2,1-2H3,(H,35,37)/b34-17-/t26?,27-,28-,32?/m0/s1. The number of hydrogen-bond acceptors (Lipinski definition) is 6. The van der Waals surface area contributed by atoms with Gasteiger partial charge in [0.05, 0.1) is 42.6 Å². The molecule has 3 amide bonds. The molecule has 3 aromatic rings. The SMILES string of the molecule is Cc1ccc(Cl)cc1N1C(=O)[C@@H]2[C@@H](C1=O)C1c3ccccc3C2(/C=N\NC(=O)CC2(C)OCCO2)c2ccccc21. The summed E-state index contributed by atoms with van der Waals surface area (Å²) in [7, 11) is 0. The third-order valence-electron chi connectivity index (χ3n) is 8.93. The molecular formula is C32H28ClN3O5. The van der Waals surface area contributed by atoms with Crippen molar-refractivity contribution in [3.8, 4) is 0 Å². The first-order chi connectivity index (χ1) is 19.7. The highest BCUT2D eigenvalue weighted by Crippen LogP contribution is 2.63. The number of ether oxygens (including phenoxy) is 2. The molecule has 9 heteroatoms. The summed E-state index contributed by atoms with van der Waals surface area (Å²) < 4.78 is 11.1. The predicted molar refractivity (Wildman–Crippen MR) is 153 cm³/mol. The molecule has 2 atom stereocenters. The molecule has 2 saturated heterocycles. The lowest BCUT2D eigenvalue weighted by atomic mass is 9.47. The maximum absolute atomic E-state index is 14.5. The number of amides is 3. The number of benzene rings is 3. The van der Waals surface area contributed by atoms with Gasteiger partial charge in [0.15, 0.2) is 5.79 Å². The number of imide groups is 1. The van der Waals surface area contributed by atoms with Crippen molar-refractivity contribution in [3.05, 3.63) is 99.6 Å². The van der Waals surface area contributed by atoms with Crippen molar-refractivity contribution in [1.82, 2.24) is 5.43 Å². The molecule has 2 aliphatic heterocycles. The zero-order valence-corrected chi connectivity index (χ0v) is 23.4. The number of nitrogens with zero attached hydrogens (tertiary/aromatic N) is 2. The minimum absolute atomic E-state index is 0.0299. The lowest BCUT2D eigenvalue weighted by Gasteiger charge is -2.52. The van der Waals surface area contributed by atoms with Crippen molar-refractivity contribution in [3.63, 3.8) is 0 Å². The van der Waals surface area contributed by atoms with Gasteiger partial charge >= 0.3 is 0 Å². The Kier molecular flexibility index (Phi) is 5.94. The van der Waals surface area contributed by atoms with Crippen LogP contribution in [-0.2, 0) is 29.3 Å². The number of rotatable bonds is 5. The van der Waals surface area contributed by atoms with Crippen LogP contribution in [0.25, 0.3) is 0 Å². The molecule has 1 N–H and O–H groups in total. The monoisotopic (exact) mass is 569 g/mol. The Balaban J connectivity index is 1.37. The number of aryl methyl sites for hydroxylation is 1. The van der Waals surface area contributed by atoms with Crippen LogP contribution in [0.4, 0.5) is 5.69 Å². The minimum Gasteiger partial charge on any atom is -0.347 e. The summed E-state index contributed by atoms with van der Waals surface area (Å²) in [4.78, 5) is 42.9. The van der Waals surface area contributed by atoms with Crippen molar-refractivity contribution in [2.75, 3.05) is 18.1 Å². The Morgan fingerprint density at radius 3 is 2.32 bits per heavy atom. The number of hydrogen-bond donors (Lipinski definition) is 1. The van der Waals surface area contributed by atoms with E-state index in [9.17, 15) is 14.4 Å². The quantitative estimate of drug-likeness (QED) is 0.278. The first-order valence-corrected chi connectivity index (χ1v) is 14.1. The van der Waals surface area contributed by atoms with E-state index in [1.807, 2.05) is 61.5 Å². The molecule has 41 heavy (non-hydrogen) atoms. The number of anilines is 1. The van der Waals surface area contributed by atoms with Crippen LogP contribution < -0.4 is 10.3 Å². The molecule has 0 aromatic heterocycles. The Hall–Kier alpha value is -3.85. The van der Waals surface area contributed by atoms with E-state index in [0.29, 0.717) is 23.9 Å². The van der Waals surface area contributed by atoms with E-state index in [1.54, 1.807) is 25.3 Å². The third-order valence-corrected chi connectivity index (χ3v) is 9.17. The maximum Gasteiger partial charge on any atom is 0.245 e. The van der Waals surface area contributed by atoms with Crippen LogP contribution in [0.5, 0.6) is 0 Å². The van der Waals surface area contributed by atoms with Gasteiger partial charge in [0.25, 0.3) is 0 Å². The Bertz CT molecular complexity index is 1600. The average Bonchev–Trinajstić information content (AvgIpc) is 3.51. The van der Waals surface area contributed by atoms with Crippen LogP contribution in [0.3, 0.4) is 0 Å². The van der Waals surface area contributed by atoms with Crippen molar-refractivity contribution < 1.29 is 23.9 Å². The van der Waals surface area contributed by atoms with E-state index >= 15 is 0 Å².